The van der Waals surface area contributed by atoms with E-state index >= 15 is 0 Å². The fourth-order valence-electron chi connectivity index (χ4n) is 2.05. The van der Waals surface area contributed by atoms with Crippen LogP contribution in [0.1, 0.15) is 44.5 Å². The van der Waals surface area contributed by atoms with Crippen LogP contribution in [0, 0.1) is 11.8 Å². The van der Waals surface area contributed by atoms with Crippen molar-refractivity contribution in [1.82, 2.24) is 0 Å². The minimum absolute atomic E-state index is 0.144. The van der Waals surface area contributed by atoms with Gasteiger partial charge in [0.1, 0.15) is 0 Å². The summed E-state index contributed by atoms with van der Waals surface area (Å²) in [5.74, 6) is 0.557. The highest BCUT2D eigenvalue weighted by Gasteiger charge is 2.15. The molecule has 0 aromatic heterocycles. The van der Waals surface area contributed by atoms with Gasteiger partial charge in [0.25, 0.3) is 0 Å². The maximum atomic E-state index is 12.0. The van der Waals surface area contributed by atoms with Crippen molar-refractivity contribution >= 4 is 17.6 Å². The number of benzene rings is 1. The molecule has 1 rings (SSSR count). The molecule has 0 fully saturated rings. The number of halogens is 1. The van der Waals surface area contributed by atoms with Gasteiger partial charge in [-0.05, 0) is 43.4 Å². The molecule has 0 N–H and O–H groups in total. The van der Waals surface area contributed by atoms with Gasteiger partial charge in [-0.15, -0.1) is 0 Å². The molecule has 0 aliphatic carbocycles. The van der Waals surface area contributed by atoms with Gasteiger partial charge in [0.05, 0.1) is 11.7 Å². The number of esters is 1. The molecule has 0 aliphatic rings. The van der Waals surface area contributed by atoms with Crippen molar-refractivity contribution in [3.63, 3.8) is 0 Å². The first kappa shape index (κ1) is 18.0. The first-order valence-corrected chi connectivity index (χ1v) is 7.80. The van der Waals surface area contributed by atoms with Crippen molar-refractivity contribution in [1.29, 1.82) is 0 Å². The highest BCUT2D eigenvalue weighted by Crippen LogP contribution is 2.15. The first-order valence-electron chi connectivity index (χ1n) is 7.42. The lowest BCUT2D eigenvalue weighted by Gasteiger charge is -2.18. The van der Waals surface area contributed by atoms with E-state index in [4.69, 9.17) is 21.1 Å². The van der Waals surface area contributed by atoms with Gasteiger partial charge in [-0.25, -0.2) is 4.79 Å². The third-order valence-corrected chi connectivity index (χ3v) is 3.19. The summed E-state index contributed by atoms with van der Waals surface area (Å²) in [7, 11) is 0. The molecule has 1 aromatic rings. The van der Waals surface area contributed by atoms with Crippen LogP contribution in [0.3, 0.4) is 0 Å². The molecule has 3 nitrogen and oxygen atoms in total. The second kappa shape index (κ2) is 9.06. The zero-order valence-corrected chi connectivity index (χ0v) is 14.0. The van der Waals surface area contributed by atoms with Crippen LogP contribution in [0.25, 0.3) is 0 Å². The maximum Gasteiger partial charge on any atom is 0.338 e. The minimum Gasteiger partial charge on any atom is -0.459 e. The minimum atomic E-state index is -0.333. The van der Waals surface area contributed by atoms with E-state index in [2.05, 4.69) is 20.8 Å². The van der Waals surface area contributed by atoms with Crippen LogP contribution in [-0.4, -0.2) is 25.3 Å². The Kier molecular flexibility index (Phi) is 7.76. The highest BCUT2D eigenvalue weighted by atomic mass is 35.5. The van der Waals surface area contributed by atoms with Gasteiger partial charge in [-0.3, -0.25) is 0 Å². The van der Waals surface area contributed by atoms with Crippen LogP contribution in [0.4, 0.5) is 0 Å². The normalized spacial score (nSPS) is 14.0. The standard InChI is InChI=1S/C17H25ClO3/c1-12(2)10-20-11-13(3)8-14(4)21-17(19)15-6-5-7-16(18)9-15/h5-7,9,12-14H,8,10-11H2,1-4H3. The van der Waals surface area contributed by atoms with Crippen molar-refractivity contribution in [2.45, 2.75) is 40.2 Å². The van der Waals surface area contributed by atoms with Gasteiger partial charge in [0.15, 0.2) is 0 Å². The SMILES string of the molecule is CC(C)COCC(C)CC(C)OC(=O)c1cccc(Cl)c1. The van der Waals surface area contributed by atoms with Crippen molar-refractivity contribution in [2.75, 3.05) is 13.2 Å². The van der Waals surface area contributed by atoms with Crippen molar-refractivity contribution in [2.24, 2.45) is 11.8 Å². The Balaban J connectivity index is 2.35. The lowest BCUT2D eigenvalue weighted by molar-refractivity contribution is 0.0213. The molecule has 0 saturated heterocycles. The third-order valence-electron chi connectivity index (χ3n) is 2.96. The maximum absolute atomic E-state index is 12.0. The number of hydrogen-bond acceptors (Lipinski definition) is 3. The van der Waals surface area contributed by atoms with Gasteiger partial charge < -0.3 is 9.47 Å². The molecule has 0 radical (unpaired) electrons. The number of carbonyl (C=O) groups excluding carboxylic acids is 1. The molecule has 2 unspecified atom stereocenters. The molecule has 21 heavy (non-hydrogen) atoms. The van der Waals surface area contributed by atoms with Crippen LogP contribution in [0.15, 0.2) is 24.3 Å². The van der Waals surface area contributed by atoms with E-state index in [0.29, 0.717) is 29.0 Å². The predicted molar refractivity (Wildman–Crippen MR) is 85.8 cm³/mol. The predicted octanol–water partition coefficient (Wildman–Crippen LogP) is 4.58. The Morgan fingerprint density at radius 3 is 2.52 bits per heavy atom. The van der Waals surface area contributed by atoms with Crippen molar-refractivity contribution in [3.8, 4) is 0 Å². The van der Waals surface area contributed by atoms with E-state index in [1.807, 2.05) is 6.92 Å². The fraction of sp³-hybridized carbons (Fsp3) is 0.588. The Morgan fingerprint density at radius 2 is 1.90 bits per heavy atom. The van der Waals surface area contributed by atoms with Crippen LogP contribution in [0.2, 0.25) is 5.02 Å². The summed E-state index contributed by atoms with van der Waals surface area (Å²) in [6.07, 6.45) is 0.638. The lowest BCUT2D eigenvalue weighted by Crippen LogP contribution is -2.20. The van der Waals surface area contributed by atoms with Crippen LogP contribution in [0.5, 0.6) is 0 Å². The molecule has 118 valence electrons. The molecule has 2 atom stereocenters. The number of rotatable bonds is 8. The summed E-state index contributed by atoms with van der Waals surface area (Å²) >= 11 is 5.87. The highest BCUT2D eigenvalue weighted by molar-refractivity contribution is 6.30. The molecule has 1 aromatic carbocycles. The van der Waals surface area contributed by atoms with Gasteiger partial charge in [0, 0.05) is 18.2 Å². The van der Waals surface area contributed by atoms with Gasteiger partial charge in [0.2, 0.25) is 0 Å². The average Bonchev–Trinajstić information content (AvgIpc) is 2.37. The lowest BCUT2D eigenvalue weighted by atomic mass is 10.1. The molecular formula is C17H25ClO3. The molecule has 0 spiro atoms. The van der Waals surface area contributed by atoms with E-state index in [-0.39, 0.29) is 12.1 Å². The van der Waals surface area contributed by atoms with Crippen LogP contribution >= 0.6 is 11.6 Å². The van der Waals surface area contributed by atoms with E-state index in [1.165, 1.54) is 0 Å². The molecule has 0 aliphatic heterocycles. The second-order valence-electron chi connectivity index (χ2n) is 6.00. The molecule has 0 saturated carbocycles. The average molecular weight is 313 g/mol. The second-order valence-corrected chi connectivity index (χ2v) is 6.43. The smallest absolute Gasteiger partial charge is 0.338 e. The number of carbonyl (C=O) groups is 1. The number of hydrogen-bond donors (Lipinski definition) is 0. The molecular weight excluding hydrogens is 288 g/mol. The van der Waals surface area contributed by atoms with E-state index in [9.17, 15) is 4.79 Å². The molecule has 4 heteroatoms. The quantitative estimate of drug-likeness (QED) is 0.659. The topological polar surface area (TPSA) is 35.5 Å². The summed E-state index contributed by atoms with van der Waals surface area (Å²) in [6, 6.07) is 6.80. The Bertz CT molecular complexity index is 445. The van der Waals surface area contributed by atoms with E-state index in [0.717, 1.165) is 13.0 Å². The summed E-state index contributed by atoms with van der Waals surface area (Å²) in [5, 5.41) is 0.535. The monoisotopic (exact) mass is 312 g/mol. The molecule has 0 bridgehead atoms. The fourth-order valence-corrected chi connectivity index (χ4v) is 2.24. The van der Waals surface area contributed by atoms with Crippen molar-refractivity contribution < 1.29 is 14.3 Å². The van der Waals surface area contributed by atoms with Crippen LogP contribution < -0.4 is 0 Å². The molecule has 0 amide bonds. The Labute approximate surface area is 132 Å². The number of ether oxygens (including phenoxy) is 2. The summed E-state index contributed by atoms with van der Waals surface area (Å²) < 4.78 is 11.0. The Hall–Kier alpha value is -1.06. The van der Waals surface area contributed by atoms with E-state index in [1.54, 1.807) is 24.3 Å². The van der Waals surface area contributed by atoms with Crippen molar-refractivity contribution in [3.05, 3.63) is 34.9 Å². The summed E-state index contributed by atoms with van der Waals surface area (Å²) in [5.41, 5.74) is 0.484. The summed E-state index contributed by atoms with van der Waals surface area (Å²) in [4.78, 5) is 12.0. The van der Waals surface area contributed by atoms with E-state index < -0.39 is 0 Å². The van der Waals surface area contributed by atoms with Gasteiger partial charge in [-0.2, -0.15) is 0 Å². The summed E-state index contributed by atoms with van der Waals surface area (Å²) in [6.45, 7) is 9.71. The largest absolute Gasteiger partial charge is 0.459 e. The third kappa shape index (κ3) is 7.49. The van der Waals surface area contributed by atoms with Crippen LogP contribution in [-0.2, 0) is 9.47 Å². The molecule has 0 heterocycles. The van der Waals surface area contributed by atoms with Gasteiger partial charge in [-0.1, -0.05) is 38.4 Å². The Morgan fingerprint density at radius 1 is 1.19 bits per heavy atom. The zero-order valence-electron chi connectivity index (χ0n) is 13.3. The first-order chi connectivity index (χ1) is 9.88. The zero-order chi connectivity index (χ0) is 15.8. The van der Waals surface area contributed by atoms with Gasteiger partial charge >= 0.3 is 5.97 Å².